The minimum Gasteiger partial charge on any atom is -0.378 e. The summed E-state index contributed by atoms with van der Waals surface area (Å²) in [5, 5.41) is 3.33. The molecule has 3 saturated heterocycles. The number of nitrogens with one attached hydrogen (secondary N) is 1. The van der Waals surface area contributed by atoms with Crippen LogP contribution in [0.4, 0.5) is 10.1 Å². The number of carbonyl (C=O) groups is 1. The van der Waals surface area contributed by atoms with Crippen molar-refractivity contribution in [1.29, 1.82) is 0 Å². The molecule has 0 bridgehead atoms. The van der Waals surface area contributed by atoms with Crippen molar-refractivity contribution in [1.82, 2.24) is 15.1 Å². The standard InChI is InChI=1S/C22H32FN5O3.HI/c1-24-22(28-8-6-27(7-9-28)21(29)20-3-2-12-31-20)25-16-17-4-5-19(18(23)15-17)26-10-13-30-14-11-26;/h4-5,15,20H,2-3,6-14,16H2,1H3,(H,24,25);1H. The molecule has 0 saturated carbocycles. The zero-order chi connectivity index (χ0) is 21.6. The van der Waals surface area contributed by atoms with Crippen molar-refractivity contribution in [3.63, 3.8) is 0 Å². The minimum atomic E-state index is -0.265. The Hall–Kier alpha value is -1.66. The molecule has 32 heavy (non-hydrogen) atoms. The van der Waals surface area contributed by atoms with E-state index < -0.39 is 0 Å². The van der Waals surface area contributed by atoms with Crippen molar-refractivity contribution in [3.8, 4) is 0 Å². The van der Waals surface area contributed by atoms with Crippen molar-refractivity contribution in [2.75, 3.05) is 71.0 Å². The number of carbonyl (C=O) groups excluding carboxylic acids is 1. The van der Waals surface area contributed by atoms with Gasteiger partial charge in [-0.05, 0) is 30.5 Å². The summed E-state index contributed by atoms with van der Waals surface area (Å²) in [5.74, 6) is 0.662. The van der Waals surface area contributed by atoms with Gasteiger partial charge in [0.1, 0.15) is 11.9 Å². The molecule has 1 unspecified atom stereocenters. The monoisotopic (exact) mass is 561 g/mol. The lowest BCUT2D eigenvalue weighted by Crippen LogP contribution is -2.55. The molecular formula is C22H33FIN5O3. The molecule has 3 heterocycles. The quantitative estimate of drug-likeness (QED) is 0.343. The van der Waals surface area contributed by atoms with Crippen molar-refractivity contribution >= 4 is 41.5 Å². The number of nitrogens with zero attached hydrogens (tertiary/aromatic N) is 4. The number of ether oxygens (including phenoxy) is 2. The van der Waals surface area contributed by atoms with Crippen LogP contribution in [0.15, 0.2) is 23.2 Å². The van der Waals surface area contributed by atoms with E-state index in [9.17, 15) is 9.18 Å². The maximum atomic E-state index is 14.6. The predicted molar refractivity (Wildman–Crippen MR) is 132 cm³/mol. The number of amides is 1. The Morgan fingerprint density at radius 2 is 1.84 bits per heavy atom. The summed E-state index contributed by atoms with van der Waals surface area (Å²) >= 11 is 0. The van der Waals surface area contributed by atoms with Crippen molar-refractivity contribution < 1.29 is 18.7 Å². The smallest absolute Gasteiger partial charge is 0.251 e. The van der Waals surface area contributed by atoms with Crippen LogP contribution in [0.5, 0.6) is 0 Å². The van der Waals surface area contributed by atoms with Gasteiger partial charge in [-0.1, -0.05) is 6.07 Å². The van der Waals surface area contributed by atoms with Crippen LogP contribution in [-0.4, -0.2) is 93.9 Å². The summed E-state index contributed by atoms with van der Waals surface area (Å²) < 4.78 is 25.5. The lowest BCUT2D eigenvalue weighted by atomic mass is 10.1. The summed E-state index contributed by atoms with van der Waals surface area (Å²) in [6.07, 6.45) is 1.52. The molecule has 10 heteroatoms. The maximum absolute atomic E-state index is 14.6. The second-order valence-corrected chi connectivity index (χ2v) is 8.10. The van der Waals surface area contributed by atoms with E-state index >= 15 is 0 Å². The molecule has 3 aliphatic heterocycles. The number of piperazine rings is 1. The Kier molecular flexibility index (Phi) is 9.35. The molecule has 1 amide bonds. The molecule has 0 aliphatic carbocycles. The first-order valence-corrected chi connectivity index (χ1v) is 11.1. The van der Waals surface area contributed by atoms with Crippen LogP contribution in [0, 0.1) is 5.82 Å². The number of hydrogen-bond donors (Lipinski definition) is 1. The van der Waals surface area contributed by atoms with E-state index in [1.807, 2.05) is 21.9 Å². The zero-order valence-electron chi connectivity index (χ0n) is 18.6. The van der Waals surface area contributed by atoms with E-state index in [-0.39, 0.29) is 41.8 Å². The SMILES string of the molecule is CN=C(NCc1ccc(N2CCOCC2)c(F)c1)N1CCN(C(=O)C2CCCO2)CC1.I. The third-order valence-electron chi connectivity index (χ3n) is 6.12. The van der Waals surface area contributed by atoms with Gasteiger partial charge in [-0.3, -0.25) is 9.79 Å². The normalized spacial score (nSPS) is 22.0. The molecule has 1 N–H and O–H groups in total. The van der Waals surface area contributed by atoms with Gasteiger partial charge in [-0.2, -0.15) is 0 Å². The first kappa shape index (κ1) is 25.0. The number of rotatable bonds is 4. The van der Waals surface area contributed by atoms with E-state index in [1.54, 1.807) is 13.1 Å². The van der Waals surface area contributed by atoms with Gasteiger partial charge in [0.25, 0.3) is 5.91 Å². The number of aliphatic imine (C=N–C) groups is 1. The Balaban J connectivity index is 0.00000289. The molecule has 3 fully saturated rings. The van der Waals surface area contributed by atoms with Crippen molar-refractivity contribution in [3.05, 3.63) is 29.6 Å². The van der Waals surface area contributed by atoms with Crippen LogP contribution >= 0.6 is 24.0 Å². The molecule has 178 valence electrons. The molecular weight excluding hydrogens is 528 g/mol. The predicted octanol–water partition coefficient (Wildman–Crippen LogP) is 1.68. The second kappa shape index (κ2) is 12.0. The summed E-state index contributed by atoms with van der Waals surface area (Å²) in [5.41, 5.74) is 1.49. The van der Waals surface area contributed by atoms with Gasteiger partial charge < -0.3 is 29.5 Å². The highest BCUT2D eigenvalue weighted by Gasteiger charge is 2.30. The largest absolute Gasteiger partial charge is 0.378 e. The molecule has 4 rings (SSSR count). The van der Waals surface area contributed by atoms with Gasteiger partial charge in [0.05, 0.1) is 18.9 Å². The lowest BCUT2D eigenvalue weighted by Gasteiger charge is -2.37. The third-order valence-corrected chi connectivity index (χ3v) is 6.12. The van der Waals surface area contributed by atoms with Crippen LogP contribution in [0.2, 0.25) is 0 Å². The highest BCUT2D eigenvalue weighted by atomic mass is 127. The fourth-order valence-corrected chi connectivity index (χ4v) is 4.35. The highest BCUT2D eigenvalue weighted by Crippen LogP contribution is 2.22. The van der Waals surface area contributed by atoms with E-state index in [4.69, 9.17) is 9.47 Å². The Morgan fingerprint density at radius 1 is 1.12 bits per heavy atom. The third kappa shape index (κ3) is 6.02. The van der Waals surface area contributed by atoms with Gasteiger partial charge in [0.2, 0.25) is 0 Å². The first-order valence-electron chi connectivity index (χ1n) is 11.1. The first-order chi connectivity index (χ1) is 15.2. The van der Waals surface area contributed by atoms with Crippen LogP contribution in [0.25, 0.3) is 0 Å². The molecule has 1 aromatic rings. The lowest BCUT2D eigenvalue weighted by molar-refractivity contribution is -0.142. The summed E-state index contributed by atoms with van der Waals surface area (Å²) in [7, 11) is 1.74. The van der Waals surface area contributed by atoms with Crippen molar-refractivity contribution in [2.45, 2.75) is 25.5 Å². The highest BCUT2D eigenvalue weighted by molar-refractivity contribution is 14.0. The Morgan fingerprint density at radius 3 is 2.47 bits per heavy atom. The topological polar surface area (TPSA) is 69.6 Å². The van der Waals surface area contributed by atoms with E-state index in [1.165, 1.54) is 0 Å². The fourth-order valence-electron chi connectivity index (χ4n) is 4.35. The molecule has 8 nitrogen and oxygen atoms in total. The number of guanidine groups is 1. The summed E-state index contributed by atoms with van der Waals surface area (Å²) in [6.45, 7) is 6.58. The number of benzene rings is 1. The van der Waals surface area contributed by atoms with E-state index in [0.29, 0.717) is 71.3 Å². The molecule has 0 spiro atoms. The number of hydrogen-bond acceptors (Lipinski definition) is 5. The number of morpholine rings is 1. The average Bonchev–Trinajstić information content (AvgIpc) is 3.35. The van der Waals surface area contributed by atoms with Crippen LogP contribution in [0.1, 0.15) is 18.4 Å². The van der Waals surface area contributed by atoms with E-state index in [0.717, 1.165) is 24.4 Å². The van der Waals surface area contributed by atoms with Gasteiger partial charge in [0.15, 0.2) is 5.96 Å². The molecule has 1 aromatic carbocycles. The Bertz CT molecular complexity index is 792. The molecule has 1 atom stereocenters. The zero-order valence-corrected chi connectivity index (χ0v) is 20.9. The van der Waals surface area contributed by atoms with Crippen LogP contribution in [-0.2, 0) is 20.8 Å². The average molecular weight is 561 g/mol. The van der Waals surface area contributed by atoms with E-state index in [2.05, 4.69) is 15.2 Å². The Labute approximate surface area is 206 Å². The van der Waals surface area contributed by atoms with Crippen LogP contribution in [0.3, 0.4) is 0 Å². The summed E-state index contributed by atoms with van der Waals surface area (Å²) in [4.78, 5) is 22.9. The van der Waals surface area contributed by atoms with Gasteiger partial charge >= 0.3 is 0 Å². The van der Waals surface area contributed by atoms with Gasteiger partial charge in [-0.15, -0.1) is 24.0 Å². The second-order valence-electron chi connectivity index (χ2n) is 8.10. The minimum absolute atomic E-state index is 0. The maximum Gasteiger partial charge on any atom is 0.251 e. The van der Waals surface area contributed by atoms with Gasteiger partial charge in [-0.25, -0.2) is 4.39 Å². The summed E-state index contributed by atoms with van der Waals surface area (Å²) in [6, 6.07) is 5.38. The molecule has 0 aromatic heterocycles. The molecule has 0 radical (unpaired) electrons. The number of anilines is 1. The van der Waals surface area contributed by atoms with Gasteiger partial charge in [0, 0.05) is 59.5 Å². The fraction of sp³-hybridized carbons (Fsp3) is 0.636. The van der Waals surface area contributed by atoms with Crippen LogP contribution < -0.4 is 10.2 Å². The van der Waals surface area contributed by atoms with Crippen molar-refractivity contribution in [2.24, 2.45) is 4.99 Å². The molecule has 3 aliphatic rings. The number of halogens is 2.